The van der Waals surface area contributed by atoms with Crippen molar-refractivity contribution in [2.75, 3.05) is 33.9 Å². The Hall–Kier alpha value is -2.97. The second-order valence-corrected chi connectivity index (χ2v) is 6.93. The summed E-state index contributed by atoms with van der Waals surface area (Å²) in [6, 6.07) is 9.37. The highest BCUT2D eigenvalue weighted by molar-refractivity contribution is 6.07. The summed E-state index contributed by atoms with van der Waals surface area (Å²) in [6.45, 7) is 1.77. The number of carbonyl (C=O) groups excluding carboxylic acids is 1. The normalized spacial score (nSPS) is 16.3. The van der Waals surface area contributed by atoms with E-state index >= 15 is 0 Å². The molecule has 1 aliphatic rings. The lowest BCUT2D eigenvalue weighted by atomic mass is 10.0. The number of hydrogen-bond acceptors (Lipinski definition) is 7. The Labute approximate surface area is 168 Å². The number of pyridine rings is 1. The summed E-state index contributed by atoms with van der Waals surface area (Å²) < 4.78 is 15.8. The van der Waals surface area contributed by atoms with Gasteiger partial charge < -0.3 is 24.6 Å². The lowest BCUT2D eigenvalue weighted by Gasteiger charge is -2.11. The molecule has 0 radical (unpaired) electrons. The van der Waals surface area contributed by atoms with Crippen LogP contribution >= 0.6 is 0 Å². The molecule has 152 valence electrons. The van der Waals surface area contributed by atoms with Crippen molar-refractivity contribution >= 4 is 17.0 Å². The fourth-order valence-corrected chi connectivity index (χ4v) is 3.58. The number of nitrogens with one attached hydrogen (secondary N) is 2. The summed E-state index contributed by atoms with van der Waals surface area (Å²) in [7, 11) is 3.22. The number of aromatic nitrogens is 2. The van der Waals surface area contributed by atoms with Gasteiger partial charge in [-0.3, -0.25) is 4.79 Å². The number of methoxy groups -OCH3 is 2. The molecule has 1 atom stereocenters. The van der Waals surface area contributed by atoms with Gasteiger partial charge in [0.1, 0.15) is 11.4 Å². The van der Waals surface area contributed by atoms with E-state index in [2.05, 4.69) is 20.8 Å². The van der Waals surface area contributed by atoms with Crippen LogP contribution in [0.2, 0.25) is 0 Å². The van der Waals surface area contributed by atoms with Gasteiger partial charge in [-0.2, -0.15) is 0 Å². The number of fused-ring (bicyclic) bond motifs is 1. The number of rotatable bonds is 7. The maximum absolute atomic E-state index is 13.0. The SMILES string of the molecule is COCCNC(=O)c1cc(-c2ccc(OC)cc2)nc2onc(C3CCCN3)c12. The molecule has 1 fully saturated rings. The molecule has 8 heteroatoms. The van der Waals surface area contributed by atoms with Gasteiger partial charge in [0.25, 0.3) is 11.6 Å². The van der Waals surface area contributed by atoms with Crippen LogP contribution in [0.25, 0.3) is 22.4 Å². The summed E-state index contributed by atoms with van der Waals surface area (Å²) in [6.07, 6.45) is 2.01. The first kappa shape index (κ1) is 19.4. The quantitative estimate of drug-likeness (QED) is 0.593. The molecule has 1 aliphatic heterocycles. The Morgan fingerprint density at radius 2 is 2.14 bits per heavy atom. The second-order valence-electron chi connectivity index (χ2n) is 6.93. The van der Waals surface area contributed by atoms with E-state index in [0.717, 1.165) is 36.4 Å². The van der Waals surface area contributed by atoms with E-state index in [9.17, 15) is 4.79 Å². The van der Waals surface area contributed by atoms with E-state index in [4.69, 9.17) is 14.0 Å². The molecule has 0 bridgehead atoms. The predicted molar refractivity (Wildman–Crippen MR) is 108 cm³/mol. The van der Waals surface area contributed by atoms with E-state index in [1.165, 1.54) is 0 Å². The largest absolute Gasteiger partial charge is 0.497 e. The fraction of sp³-hybridized carbons (Fsp3) is 0.381. The van der Waals surface area contributed by atoms with E-state index < -0.39 is 0 Å². The minimum Gasteiger partial charge on any atom is -0.497 e. The molecule has 4 rings (SSSR count). The topological polar surface area (TPSA) is 98.5 Å². The van der Waals surface area contributed by atoms with Crippen molar-refractivity contribution in [1.82, 2.24) is 20.8 Å². The van der Waals surface area contributed by atoms with Crippen LogP contribution in [0.5, 0.6) is 5.75 Å². The predicted octanol–water partition coefficient (Wildman–Crippen LogP) is 2.70. The third-order valence-corrected chi connectivity index (χ3v) is 5.09. The van der Waals surface area contributed by atoms with E-state index in [1.54, 1.807) is 20.3 Å². The van der Waals surface area contributed by atoms with Crippen molar-refractivity contribution in [3.05, 3.63) is 41.6 Å². The van der Waals surface area contributed by atoms with Crippen LogP contribution in [-0.2, 0) is 4.74 Å². The molecular formula is C21H24N4O4. The number of nitrogens with zero attached hydrogens (tertiary/aromatic N) is 2. The molecule has 0 spiro atoms. The highest BCUT2D eigenvalue weighted by atomic mass is 16.5. The Balaban J connectivity index is 1.79. The standard InChI is InChI=1S/C21H24N4O4/c1-27-11-10-23-20(26)15-12-17(13-5-7-14(28-2)8-6-13)24-21-18(15)19(25-29-21)16-4-3-9-22-16/h5-8,12,16,22H,3-4,9-11H2,1-2H3,(H,23,26). The minimum absolute atomic E-state index is 0.0652. The zero-order chi connectivity index (χ0) is 20.2. The summed E-state index contributed by atoms with van der Waals surface area (Å²) >= 11 is 0. The maximum atomic E-state index is 13.0. The molecule has 0 aliphatic carbocycles. The van der Waals surface area contributed by atoms with Crippen LogP contribution in [0.1, 0.15) is 34.9 Å². The second kappa shape index (κ2) is 8.59. The van der Waals surface area contributed by atoms with Crippen LogP contribution in [0.4, 0.5) is 0 Å². The minimum atomic E-state index is -0.202. The Morgan fingerprint density at radius 3 is 2.83 bits per heavy atom. The number of ether oxygens (including phenoxy) is 2. The molecule has 1 amide bonds. The van der Waals surface area contributed by atoms with Crippen LogP contribution < -0.4 is 15.4 Å². The molecule has 2 aromatic heterocycles. The van der Waals surface area contributed by atoms with Gasteiger partial charge >= 0.3 is 0 Å². The summed E-state index contributed by atoms with van der Waals surface area (Å²) in [4.78, 5) is 17.6. The van der Waals surface area contributed by atoms with Crippen LogP contribution in [0.15, 0.2) is 34.9 Å². The van der Waals surface area contributed by atoms with Crippen molar-refractivity contribution in [2.24, 2.45) is 0 Å². The number of hydrogen-bond donors (Lipinski definition) is 2. The van der Waals surface area contributed by atoms with Crippen LogP contribution in [0, 0.1) is 0 Å². The molecule has 3 heterocycles. The molecule has 2 N–H and O–H groups in total. The molecule has 1 saturated heterocycles. The molecule has 29 heavy (non-hydrogen) atoms. The maximum Gasteiger partial charge on any atom is 0.259 e. The van der Waals surface area contributed by atoms with E-state index in [1.807, 2.05) is 24.3 Å². The highest BCUT2D eigenvalue weighted by Gasteiger charge is 2.27. The smallest absolute Gasteiger partial charge is 0.259 e. The first-order valence-corrected chi connectivity index (χ1v) is 9.66. The Kier molecular flexibility index (Phi) is 5.73. The Bertz CT molecular complexity index is 994. The molecule has 8 nitrogen and oxygen atoms in total. The first-order valence-electron chi connectivity index (χ1n) is 9.66. The van der Waals surface area contributed by atoms with Gasteiger partial charge in [0.05, 0.1) is 36.4 Å². The average molecular weight is 396 g/mol. The zero-order valence-corrected chi connectivity index (χ0v) is 16.5. The number of amides is 1. The van der Waals surface area contributed by atoms with Gasteiger partial charge in [0.2, 0.25) is 0 Å². The van der Waals surface area contributed by atoms with Crippen LogP contribution in [0.3, 0.4) is 0 Å². The lowest BCUT2D eigenvalue weighted by molar-refractivity contribution is 0.0938. The monoisotopic (exact) mass is 396 g/mol. The summed E-state index contributed by atoms with van der Waals surface area (Å²) in [5.41, 5.74) is 3.10. The number of carbonyl (C=O) groups is 1. The summed E-state index contributed by atoms with van der Waals surface area (Å²) in [5, 5.41) is 11.2. The zero-order valence-electron chi connectivity index (χ0n) is 16.5. The molecular weight excluding hydrogens is 372 g/mol. The third-order valence-electron chi connectivity index (χ3n) is 5.09. The Morgan fingerprint density at radius 1 is 1.31 bits per heavy atom. The summed E-state index contributed by atoms with van der Waals surface area (Å²) in [5.74, 6) is 0.549. The third kappa shape index (κ3) is 3.94. The molecule has 1 aromatic carbocycles. The van der Waals surface area contributed by atoms with Gasteiger partial charge in [0.15, 0.2) is 0 Å². The molecule has 3 aromatic rings. The van der Waals surface area contributed by atoms with Gasteiger partial charge in [-0.15, -0.1) is 0 Å². The lowest BCUT2D eigenvalue weighted by Crippen LogP contribution is -2.27. The first-order chi connectivity index (χ1) is 14.2. The van der Waals surface area contributed by atoms with E-state index in [-0.39, 0.29) is 11.9 Å². The van der Waals surface area contributed by atoms with Crippen molar-refractivity contribution in [3.63, 3.8) is 0 Å². The van der Waals surface area contributed by atoms with Gasteiger partial charge in [-0.25, -0.2) is 4.98 Å². The molecule has 1 unspecified atom stereocenters. The van der Waals surface area contributed by atoms with Crippen molar-refractivity contribution in [1.29, 1.82) is 0 Å². The van der Waals surface area contributed by atoms with Gasteiger partial charge in [0, 0.05) is 19.2 Å². The molecule has 0 saturated carbocycles. The van der Waals surface area contributed by atoms with Crippen LogP contribution in [-0.4, -0.2) is 50.0 Å². The van der Waals surface area contributed by atoms with Crippen molar-refractivity contribution < 1.29 is 18.8 Å². The van der Waals surface area contributed by atoms with Crippen molar-refractivity contribution in [3.8, 4) is 17.0 Å². The van der Waals surface area contributed by atoms with Gasteiger partial charge in [-0.1, -0.05) is 5.16 Å². The van der Waals surface area contributed by atoms with Crippen molar-refractivity contribution in [2.45, 2.75) is 18.9 Å². The average Bonchev–Trinajstić information content (AvgIpc) is 3.42. The fourth-order valence-electron chi connectivity index (χ4n) is 3.58. The van der Waals surface area contributed by atoms with E-state index in [0.29, 0.717) is 35.5 Å². The highest BCUT2D eigenvalue weighted by Crippen LogP contribution is 2.33. The number of benzene rings is 1. The van der Waals surface area contributed by atoms with Gasteiger partial charge in [-0.05, 0) is 49.7 Å².